The van der Waals surface area contributed by atoms with Crippen LogP contribution in [0.2, 0.25) is 0 Å². The van der Waals surface area contributed by atoms with Crippen molar-refractivity contribution >= 4 is 0 Å². The monoisotopic (exact) mass is 189 g/mol. The third-order valence-corrected chi connectivity index (χ3v) is 2.14. The Hall–Kier alpha value is -1.08. The minimum absolute atomic E-state index is 0.141. The molecule has 0 aliphatic rings. The van der Waals surface area contributed by atoms with Gasteiger partial charge >= 0.3 is 0 Å². The molecule has 0 aliphatic carbocycles. The Labute approximate surface area is 86.6 Å². The zero-order valence-electron chi connectivity index (χ0n) is 9.25. The minimum atomic E-state index is 0.141. The Morgan fingerprint density at radius 3 is 2.36 bits per heavy atom. The second kappa shape index (κ2) is 4.97. The lowest BCUT2D eigenvalue weighted by Gasteiger charge is -2.07. The summed E-state index contributed by atoms with van der Waals surface area (Å²) in [6.07, 6.45) is 3.03. The van der Waals surface area contributed by atoms with Gasteiger partial charge in [-0.1, -0.05) is 41.5 Å². The fraction of sp³-hybridized carbons (Fsp3) is 0.385. The van der Waals surface area contributed by atoms with E-state index >= 15 is 0 Å². The average molecular weight is 189 g/mol. The van der Waals surface area contributed by atoms with Crippen molar-refractivity contribution in [2.45, 2.75) is 33.2 Å². The molecule has 2 N–H and O–H groups in total. The van der Waals surface area contributed by atoms with E-state index in [9.17, 15) is 0 Å². The molecule has 0 radical (unpaired) electrons. The number of nitrogens with two attached hydrogens (primary N) is 1. The molecular weight excluding hydrogens is 170 g/mol. The summed E-state index contributed by atoms with van der Waals surface area (Å²) in [4.78, 5) is 0. The molecule has 1 aromatic carbocycles. The van der Waals surface area contributed by atoms with Gasteiger partial charge in [0.1, 0.15) is 0 Å². The molecule has 1 unspecified atom stereocenters. The first-order chi connectivity index (χ1) is 6.58. The second-order valence-corrected chi connectivity index (χ2v) is 4.10. The van der Waals surface area contributed by atoms with E-state index < -0.39 is 0 Å². The van der Waals surface area contributed by atoms with E-state index in [1.54, 1.807) is 0 Å². The maximum absolute atomic E-state index is 5.97. The van der Waals surface area contributed by atoms with Crippen molar-refractivity contribution < 1.29 is 0 Å². The molecule has 0 heterocycles. The van der Waals surface area contributed by atoms with Crippen LogP contribution >= 0.6 is 0 Å². The normalized spacial score (nSPS) is 12.3. The first-order valence-electron chi connectivity index (χ1n) is 5.04. The largest absolute Gasteiger partial charge is 0.324 e. The summed E-state index contributed by atoms with van der Waals surface area (Å²) < 4.78 is 0. The number of hydrogen-bond donors (Lipinski definition) is 1. The summed E-state index contributed by atoms with van der Waals surface area (Å²) in [7, 11) is 0. The average Bonchev–Trinajstić information content (AvgIpc) is 2.07. The van der Waals surface area contributed by atoms with Gasteiger partial charge in [-0.05, 0) is 32.8 Å². The van der Waals surface area contributed by atoms with Gasteiger partial charge in [-0.2, -0.15) is 0 Å². The van der Waals surface area contributed by atoms with Crippen molar-refractivity contribution in [3.05, 3.63) is 47.0 Å². The van der Waals surface area contributed by atoms with Crippen LogP contribution in [0.1, 0.15) is 25.0 Å². The zero-order chi connectivity index (χ0) is 10.6. The molecule has 0 spiro atoms. The van der Waals surface area contributed by atoms with E-state index in [1.807, 2.05) is 0 Å². The van der Waals surface area contributed by atoms with Crippen molar-refractivity contribution in [1.82, 2.24) is 0 Å². The molecule has 1 aromatic rings. The molecule has 0 aromatic heterocycles. The van der Waals surface area contributed by atoms with Gasteiger partial charge in [-0.3, -0.25) is 0 Å². The third kappa shape index (κ3) is 3.75. The molecule has 0 saturated heterocycles. The van der Waals surface area contributed by atoms with Crippen LogP contribution in [-0.2, 0) is 6.42 Å². The topological polar surface area (TPSA) is 26.0 Å². The van der Waals surface area contributed by atoms with Gasteiger partial charge in [0.15, 0.2) is 0 Å². The van der Waals surface area contributed by atoms with Crippen molar-refractivity contribution in [2.24, 2.45) is 5.73 Å². The standard InChI is InChI=1S/C13H19N/c1-10(2)8-13(14)9-12-6-4-11(3)5-7-12/h4-8,13H,9,14H2,1-3H3. The van der Waals surface area contributed by atoms with Crippen molar-refractivity contribution in [1.29, 1.82) is 0 Å². The predicted octanol–water partition coefficient (Wildman–Crippen LogP) is 2.83. The van der Waals surface area contributed by atoms with E-state index in [4.69, 9.17) is 5.73 Å². The summed E-state index contributed by atoms with van der Waals surface area (Å²) in [5.41, 5.74) is 9.85. The van der Waals surface area contributed by atoms with Gasteiger partial charge in [-0.15, -0.1) is 0 Å². The van der Waals surface area contributed by atoms with E-state index in [0.717, 1.165) is 6.42 Å². The fourth-order valence-electron chi connectivity index (χ4n) is 1.48. The third-order valence-electron chi connectivity index (χ3n) is 2.14. The molecule has 0 saturated carbocycles. The van der Waals surface area contributed by atoms with Gasteiger partial charge in [0, 0.05) is 6.04 Å². The van der Waals surface area contributed by atoms with Crippen molar-refractivity contribution in [2.75, 3.05) is 0 Å². The Balaban J connectivity index is 2.61. The molecular formula is C13H19N. The van der Waals surface area contributed by atoms with Crippen LogP contribution in [0.3, 0.4) is 0 Å². The van der Waals surface area contributed by atoms with Gasteiger partial charge in [0.05, 0.1) is 0 Å². The predicted molar refractivity (Wildman–Crippen MR) is 62.3 cm³/mol. The van der Waals surface area contributed by atoms with Crippen LogP contribution in [0.5, 0.6) is 0 Å². The molecule has 0 amide bonds. The molecule has 1 rings (SSSR count). The molecule has 0 fully saturated rings. The van der Waals surface area contributed by atoms with E-state index in [-0.39, 0.29) is 6.04 Å². The van der Waals surface area contributed by atoms with Crippen LogP contribution in [-0.4, -0.2) is 6.04 Å². The van der Waals surface area contributed by atoms with Crippen molar-refractivity contribution in [3.8, 4) is 0 Å². The van der Waals surface area contributed by atoms with E-state index in [0.29, 0.717) is 0 Å². The van der Waals surface area contributed by atoms with Crippen LogP contribution in [0.15, 0.2) is 35.9 Å². The Kier molecular flexibility index (Phi) is 3.90. The Morgan fingerprint density at radius 1 is 1.29 bits per heavy atom. The molecule has 1 atom stereocenters. The lowest BCUT2D eigenvalue weighted by atomic mass is 10.0. The number of rotatable bonds is 3. The summed E-state index contributed by atoms with van der Waals surface area (Å²) in [6, 6.07) is 8.69. The molecule has 0 bridgehead atoms. The smallest absolute Gasteiger partial charge is 0.0267 e. The lowest BCUT2D eigenvalue weighted by Crippen LogP contribution is -2.20. The highest BCUT2D eigenvalue weighted by atomic mass is 14.6. The lowest BCUT2D eigenvalue weighted by molar-refractivity contribution is 0.803. The maximum atomic E-state index is 5.97. The fourth-order valence-corrected chi connectivity index (χ4v) is 1.48. The van der Waals surface area contributed by atoms with Gasteiger partial charge in [-0.25, -0.2) is 0 Å². The molecule has 14 heavy (non-hydrogen) atoms. The molecule has 1 heteroatoms. The Bertz CT molecular complexity index is 305. The quantitative estimate of drug-likeness (QED) is 0.727. The number of benzene rings is 1. The minimum Gasteiger partial charge on any atom is -0.324 e. The van der Waals surface area contributed by atoms with Gasteiger partial charge < -0.3 is 5.73 Å². The highest BCUT2D eigenvalue weighted by Gasteiger charge is 1.99. The summed E-state index contributed by atoms with van der Waals surface area (Å²) >= 11 is 0. The second-order valence-electron chi connectivity index (χ2n) is 4.10. The summed E-state index contributed by atoms with van der Waals surface area (Å²) in [6.45, 7) is 6.25. The Morgan fingerprint density at radius 2 is 1.86 bits per heavy atom. The number of aryl methyl sites for hydroxylation is 1. The van der Waals surface area contributed by atoms with Crippen molar-refractivity contribution in [3.63, 3.8) is 0 Å². The highest BCUT2D eigenvalue weighted by Crippen LogP contribution is 2.06. The summed E-state index contributed by atoms with van der Waals surface area (Å²) in [5.74, 6) is 0. The first kappa shape index (κ1) is 11.0. The molecule has 0 aliphatic heterocycles. The van der Waals surface area contributed by atoms with Gasteiger partial charge in [0.25, 0.3) is 0 Å². The first-order valence-corrected chi connectivity index (χ1v) is 5.04. The SMILES string of the molecule is CC(C)=CC(N)Cc1ccc(C)cc1. The zero-order valence-corrected chi connectivity index (χ0v) is 9.25. The molecule has 76 valence electrons. The summed E-state index contributed by atoms with van der Waals surface area (Å²) in [5, 5.41) is 0. The van der Waals surface area contributed by atoms with E-state index in [2.05, 4.69) is 51.1 Å². The maximum Gasteiger partial charge on any atom is 0.0267 e. The number of allylic oxidation sites excluding steroid dienone is 1. The van der Waals surface area contributed by atoms with Crippen LogP contribution in [0, 0.1) is 6.92 Å². The van der Waals surface area contributed by atoms with E-state index in [1.165, 1.54) is 16.7 Å². The van der Waals surface area contributed by atoms with Crippen LogP contribution < -0.4 is 5.73 Å². The van der Waals surface area contributed by atoms with Crippen LogP contribution in [0.4, 0.5) is 0 Å². The van der Waals surface area contributed by atoms with Crippen LogP contribution in [0.25, 0.3) is 0 Å². The highest BCUT2D eigenvalue weighted by molar-refractivity contribution is 5.23. The van der Waals surface area contributed by atoms with Gasteiger partial charge in [0.2, 0.25) is 0 Å². The molecule has 1 nitrogen and oxygen atoms in total. The number of hydrogen-bond acceptors (Lipinski definition) is 1.